The molecule has 0 spiro atoms. The molecule has 146 valence electrons. The van der Waals surface area contributed by atoms with Crippen LogP contribution in [0.15, 0.2) is 59.1 Å². The van der Waals surface area contributed by atoms with Gasteiger partial charge in [-0.15, -0.1) is 0 Å². The molecule has 0 unspecified atom stereocenters. The topological polar surface area (TPSA) is 33.0 Å². The molecule has 0 atom stereocenters. The van der Waals surface area contributed by atoms with Crippen LogP contribution in [0.25, 0.3) is 11.6 Å². The number of hydrogen-bond donors (Lipinski definition) is 0. The van der Waals surface area contributed by atoms with Gasteiger partial charge in [0.25, 0.3) is 0 Å². The molecule has 0 bridgehead atoms. The molecule has 0 radical (unpaired) electrons. The van der Waals surface area contributed by atoms with Crippen molar-refractivity contribution in [2.24, 2.45) is 0 Å². The van der Waals surface area contributed by atoms with Crippen molar-refractivity contribution in [1.82, 2.24) is 0 Å². The second-order valence-corrected chi connectivity index (χ2v) is 8.09. The highest BCUT2D eigenvalue weighted by Crippen LogP contribution is 2.36. The second-order valence-electron chi connectivity index (χ2n) is 5.99. The fourth-order valence-corrected chi connectivity index (χ4v) is 4.06. The smallest absolute Gasteiger partial charge is 0.152 e. The van der Waals surface area contributed by atoms with Gasteiger partial charge in [0.05, 0.1) is 21.1 Å². The molecular formula is C22H12BrCl3FNO. The van der Waals surface area contributed by atoms with Gasteiger partial charge in [0, 0.05) is 21.2 Å². The van der Waals surface area contributed by atoms with Crippen LogP contribution in [0.4, 0.5) is 4.39 Å². The third-order valence-electron chi connectivity index (χ3n) is 4.00. The van der Waals surface area contributed by atoms with Gasteiger partial charge < -0.3 is 4.74 Å². The van der Waals surface area contributed by atoms with Crippen LogP contribution in [-0.4, -0.2) is 0 Å². The molecule has 0 aromatic heterocycles. The van der Waals surface area contributed by atoms with Crippen LogP contribution in [0.1, 0.15) is 16.7 Å². The molecule has 2 nitrogen and oxygen atoms in total. The largest absolute Gasteiger partial charge is 0.486 e. The van der Waals surface area contributed by atoms with E-state index >= 15 is 0 Å². The zero-order valence-corrected chi connectivity index (χ0v) is 18.6. The normalized spacial score (nSPS) is 11.2. The molecule has 0 saturated heterocycles. The van der Waals surface area contributed by atoms with E-state index in [2.05, 4.69) is 15.9 Å². The monoisotopic (exact) mass is 509 g/mol. The van der Waals surface area contributed by atoms with Gasteiger partial charge in [0.15, 0.2) is 5.75 Å². The Labute approximate surface area is 191 Å². The summed E-state index contributed by atoms with van der Waals surface area (Å²) in [6.07, 6.45) is 1.56. The average molecular weight is 512 g/mol. The summed E-state index contributed by atoms with van der Waals surface area (Å²) in [4.78, 5) is 0. The van der Waals surface area contributed by atoms with Crippen molar-refractivity contribution < 1.29 is 9.13 Å². The Morgan fingerprint density at radius 3 is 2.48 bits per heavy atom. The maximum atomic E-state index is 14.0. The molecule has 3 aromatic carbocycles. The van der Waals surface area contributed by atoms with Crippen molar-refractivity contribution in [3.05, 3.63) is 96.6 Å². The van der Waals surface area contributed by atoms with Gasteiger partial charge in [-0.2, -0.15) is 5.26 Å². The molecule has 3 rings (SSSR count). The molecule has 0 N–H and O–H groups in total. The van der Waals surface area contributed by atoms with Gasteiger partial charge in [-0.1, -0.05) is 59.1 Å². The van der Waals surface area contributed by atoms with E-state index in [1.165, 1.54) is 6.07 Å². The molecule has 7 heteroatoms. The number of rotatable bonds is 5. The van der Waals surface area contributed by atoms with Crippen molar-refractivity contribution >= 4 is 62.4 Å². The third kappa shape index (κ3) is 5.32. The van der Waals surface area contributed by atoms with Crippen LogP contribution in [0.2, 0.25) is 15.1 Å². The number of allylic oxidation sites excluding steroid dienone is 1. The summed E-state index contributed by atoms with van der Waals surface area (Å²) in [7, 11) is 0. The molecule has 0 aliphatic rings. The second kappa shape index (κ2) is 9.65. The molecule has 0 heterocycles. The Hall–Kier alpha value is -2.03. The van der Waals surface area contributed by atoms with E-state index in [4.69, 9.17) is 39.5 Å². The first-order chi connectivity index (χ1) is 13.9. The van der Waals surface area contributed by atoms with Crippen LogP contribution in [-0.2, 0) is 6.61 Å². The van der Waals surface area contributed by atoms with Crippen molar-refractivity contribution in [2.75, 3.05) is 0 Å². The SMILES string of the molecule is N#C/C(=C/c1cc(Cl)c(OCc2ccc(Cl)cc2Cl)c(Br)c1)c1ccccc1F. The van der Waals surface area contributed by atoms with Gasteiger partial charge >= 0.3 is 0 Å². The minimum absolute atomic E-state index is 0.188. The van der Waals surface area contributed by atoms with E-state index in [-0.39, 0.29) is 17.7 Å². The Morgan fingerprint density at radius 1 is 1.07 bits per heavy atom. The molecule has 3 aromatic rings. The molecule has 0 aliphatic carbocycles. The van der Waals surface area contributed by atoms with E-state index in [0.29, 0.717) is 30.9 Å². The van der Waals surface area contributed by atoms with Gasteiger partial charge in [-0.25, -0.2) is 4.39 Å². The summed E-state index contributed by atoms with van der Waals surface area (Å²) in [6.45, 7) is 0.197. The summed E-state index contributed by atoms with van der Waals surface area (Å²) in [5, 5.41) is 10.8. The number of nitrogens with zero attached hydrogens (tertiary/aromatic N) is 1. The number of benzene rings is 3. The number of halogens is 5. The van der Waals surface area contributed by atoms with Crippen molar-refractivity contribution in [2.45, 2.75) is 6.61 Å². The summed E-state index contributed by atoms with van der Waals surface area (Å²) >= 11 is 21.9. The van der Waals surface area contributed by atoms with Gasteiger partial charge in [0.1, 0.15) is 12.4 Å². The van der Waals surface area contributed by atoms with Crippen LogP contribution in [0.3, 0.4) is 0 Å². The highest BCUT2D eigenvalue weighted by Gasteiger charge is 2.12. The average Bonchev–Trinajstić information content (AvgIpc) is 2.67. The molecule has 29 heavy (non-hydrogen) atoms. The maximum Gasteiger partial charge on any atom is 0.152 e. The van der Waals surface area contributed by atoms with Crippen molar-refractivity contribution in [1.29, 1.82) is 5.26 Å². The first-order valence-electron chi connectivity index (χ1n) is 8.31. The van der Waals surface area contributed by atoms with E-state index in [1.54, 1.807) is 54.6 Å². The van der Waals surface area contributed by atoms with Crippen LogP contribution in [0, 0.1) is 17.1 Å². The zero-order valence-electron chi connectivity index (χ0n) is 14.7. The minimum atomic E-state index is -0.467. The van der Waals surface area contributed by atoms with Crippen LogP contribution < -0.4 is 4.74 Å². The maximum absolute atomic E-state index is 14.0. The standard InChI is InChI=1S/C22H12BrCl3FNO/c23-18-8-13(7-15(11-28)17-3-1-2-4-21(17)27)9-20(26)22(18)29-12-14-5-6-16(24)10-19(14)25/h1-10H,12H2/b15-7-. The lowest BCUT2D eigenvalue weighted by Crippen LogP contribution is -1.98. The summed E-state index contributed by atoms with van der Waals surface area (Å²) in [6, 6.07) is 16.6. The Balaban J connectivity index is 1.87. The molecule has 0 amide bonds. The number of nitriles is 1. The molecule has 0 aliphatic heterocycles. The predicted octanol–water partition coefficient (Wildman–Crippen LogP) is 8.19. The fraction of sp³-hybridized carbons (Fsp3) is 0.0455. The van der Waals surface area contributed by atoms with E-state index in [0.717, 1.165) is 5.56 Å². The zero-order chi connectivity index (χ0) is 21.0. The fourth-order valence-electron chi connectivity index (χ4n) is 2.61. The van der Waals surface area contributed by atoms with E-state index in [1.807, 2.05) is 6.07 Å². The first-order valence-corrected chi connectivity index (χ1v) is 10.2. The Kier molecular flexibility index (Phi) is 7.21. The highest BCUT2D eigenvalue weighted by atomic mass is 79.9. The van der Waals surface area contributed by atoms with Crippen LogP contribution in [0.5, 0.6) is 5.75 Å². The van der Waals surface area contributed by atoms with Crippen LogP contribution >= 0.6 is 50.7 Å². The highest BCUT2D eigenvalue weighted by molar-refractivity contribution is 9.10. The summed E-state index contributed by atoms with van der Waals surface area (Å²) < 4.78 is 20.4. The van der Waals surface area contributed by atoms with Gasteiger partial charge in [0.2, 0.25) is 0 Å². The third-order valence-corrected chi connectivity index (χ3v) is 5.46. The van der Waals surface area contributed by atoms with Crippen molar-refractivity contribution in [3.63, 3.8) is 0 Å². The van der Waals surface area contributed by atoms with Gasteiger partial charge in [-0.05, 0) is 57.9 Å². The predicted molar refractivity (Wildman–Crippen MR) is 120 cm³/mol. The van der Waals surface area contributed by atoms with E-state index in [9.17, 15) is 9.65 Å². The summed E-state index contributed by atoms with van der Waals surface area (Å²) in [5.41, 5.74) is 1.79. The number of hydrogen-bond acceptors (Lipinski definition) is 2. The van der Waals surface area contributed by atoms with E-state index < -0.39 is 5.82 Å². The first kappa shape index (κ1) is 21.7. The van der Waals surface area contributed by atoms with Gasteiger partial charge in [-0.3, -0.25) is 0 Å². The lowest BCUT2D eigenvalue weighted by atomic mass is 10.0. The Morgan fingerprint density at radius 2 is 1.83 bits per heavy atom. The lowest BCUT2D eigenvalue weighted by molar-refractivity contribution is 0.304. The number of ether oxygens (including phenoxy) is 1. The molecular weight excluding hydrogens is 500 g/mol. The van der Waals surface area contributed by atoms with Crippen molar-refractivity contribution in [3.8, 4) is 11.8 Å². The minimum Gasteiger partial charge on any atom is -0.486 e. The summed E-state index contributed by atoms with van der Waals surface area (Å²) in [5.74, 6) is -0.0375. The quantitative estimate of drug-likeness (QED) is 0.256. The molecule has 0 fully saturated rings. The lowest BCUT2D eigenvalue weighted by Gasteiger charge is -2.12. The molecule has 0 saturated carbocycles. The Bertz CT molecular complexity index is 1120.